The fourth-order valence-corrected chi connectivity index (χ4v) is 7.30. The predicted octanol–water partition coefficient (Wildman–Crippen LogP) is 5.71. The van der Waals surface area contributed by atoms with Crippen molar-refractivity contribution in [2.45, 2.75) is 78.0 Å². The summed E-state index contributed by atoms with van der Waals surface area (Å²) < 4.78 is 0. The van der Waals surface area contributed by atoms with Crippen molar-refractivity contribution < 1.29 is 14.7 Å². The van der Waals surface area contributed by atoms with Crippen molar-refractivity contribution in [2.24, 2.45) is 40.4 Å². The first-order valence-corrected chi connectivity index (χ1v) is 11.2. The van der Waals surface area contributed by atoms with E-state index in [0.29, 0.717) is 24.7 Å². The molecule has 4 heteroatoms. The van der Waals surface area contributed by atoms with E-state index in [-0.39, 0.29) is 23.1 Å². The SMILES string of the molecule is CCCCCC1C(C)C(Cl)CC1C1(C=O)CC2C=C(C(C)C)C1(C(=O)O)C2. The molecule has 2 fully saturated rings. The Kier molecular flexibility index (Phi) is 5.83. The number of fused-ring (bicyclic) bond motifs is 2. The van der Waals surface area contributed by atoms with Crippen molar-refractivity contribution in [3.63, 3.8) is 0 Å². The lowest BCUT2D eigenvalue weighted by atomic mass is 9.52. The van der Waals surface area contributed by atoms with Crippen LogP contribution in [0.15, 0.2) is 11.6 Å². The van der Waals surface area contributed by atoms with Crippen molar-refractivity contribution in [3.8, 4) is 0 Å². The van der Waals surface area contributed by atoms with Gasteiger partial charge in [0.1, 0.15) is 11.7 Å². The molecule has 3 aliphatic carbocycles. The van der Waals surface area contributed by atoms with E-state index < -0.39 is 16.8 Å². The van der Waals surface area contributed by atoms with Gasteiger partial charge in [-0.25, -0.2) is 0 Å². The predicted molar refractivity (Wildman–Crippen MR) is 109 cm³/mol. The van der Waals surface area contributed by atoms with Gasteiger partial charge in [0.05, 0.1) is 0 Å². The molecule has 2 bridgehead atoms. The zero-order valence-corrected chi connectivity index (χ0v) is 18.0. The van der Waals surface area contributed by atoms with Gasteiger partial charge in [-0.15, -0.1) is 11.6 Å². The molecule has 0 amide bonds. The molecule has 7 unspecified atom stereocenters. The topological polar surface area (TPSA) is 54.4 Å². The molecule has 3 nitrogen and oxygen atoms in total. The van der Waals surface area contributed by atoms with E-state index in [0.717, 1.165) is 37.5 Å². The molecular weight excluding hydrogens is 360 g/mol. The smallest absolute Gasteiger partial charge is 0.314 e. The maximum atomic E-state index is 12.7. The Hall–Kier alpha value is -0.830. The molecule has 3 rings (SSSR count). The first-order valence-electron chi connectivity index (χ1n) is 10.8. The molecule has 0 saturated heterocycles. The molecule has 2 saturated carbocycles. The van der Waals surface area contributed by atoms with E-state index in [1.165, 1.54) is 6.42 Å². The molecule has 0 aromatic carbocycles. The fraction of sp³-hybridized carbons (Fsp3) is 0.826. The third-order valence-electron chi connectivity index (χ3n) is 8.11. The zero-order valence-electron chi connectivity index (χ0n) is 17.2. The number of carbonyl (C=O) groups is 2. The number of rotatable bonds is 8. The third kappa shape index (κ3) is 2.91. The Bertz CT molecular complexity index is 627. The molecular formula is C23H35ClO3. The van der Waals surface area contributed by atoms with Crippen LogP contribution in [0.1, 0.15) is 72.6 Å². The van der Waals surface area contributed by atoms with E-state index in [2.05, 4.69) is 33.8 Å². The van der Waals surface area contributed by atoms with Crippen LogP contribution in [0, 0.1) is 40.4 Å². The van der Waals surface area contributed by atoms with Crippen LogP contribution in [0.3, 0.4) is 0 Å². The van der Waals surface area contributed by atoms with Gasteiger partial charge in [-0.05, 0) is 55.3 Å². The Morgan fingerprint density at radius 3 is 2.63 bits per heavy atom. The molecule has 0 aromatic heterocycles. The minimum atomic E-state index is -1.03. The van der Waals surface area contributed by atoms with Crippen molar-refractivity contribution >= 4 is 23.9 Å². The van der Waals surface area contributed by atoms with Gasteiger partial charge >= 0.3 is 5.97 Å². The van der Waals surface area contributed by atoms with Gasteiger partial charge in [0.15, 0.2) is 0 Å². The minimum absolute atomic E-state index is 0.0369. The van der Waals surface area contributed by atoms with Gasteiger partial charge in [0.25, 0.3) is 0 Å². The average Bonchev–Trinajstić information content (AvgIpc) is 3.26. The minimum Gasteiger partial charge on any atom is -0.481 e. The van der Waals surface area contributed by atoms with Crippen molar-refractivity contribution in [3.05, 3.63) is 11.6 Å². The molecule has 0 radical (unpaired) electrons. The molecule has 27 heavy (non-hydrogen) atoms. The van der Waals surface area contributed by atoms with Crippen LogP contribution in [0.5, 0.6) is 0 Å². The molecule has 0 heterocycles. The summed E-state index contributed by atoms with van der Waals surface area (Å²) in [4.78, 5) is 25.5. The summed E-state index contributed by atoms with van der Waals surface area (Å²) in [6.45, 7) is 8.52. The van der Waals surface area contributed by atoms with E-state index in [4.69, 9.17) is 11.6 Å². The summed E-state index contributed by atoms with van der Waals surface area (Å²) in [5.41, 5.74) is -0.842. The maximum Gasteiger partial charge on any atom is 0.314 e. The van der Waals surface area contributed by atoms with Crippen molar-refractivity contribution in [1.29, 1.82) is 0 Å². The second-order valence-corrected chi connectivity index (χ2v) is 10.3. The molecule has 3 aliphatic rings. The number of carbonyl (C=O) groups excluding carboxylic acids is 1. The number of carboxylic acid groups (broad SMARTS) is 1. The Labute approximate surface area is 168 Å². The monoisotopic (exact) mass is 394 g/mol. The van der Waals surface area contributed by atoms with E-state index in [1.807, 2.05) is 0 Å². The summed E-state index contributed by atoms with van der Waals surface area (Å²) >= 11 is 6.71. The zero-order chi connectivity index (χ0) is 20.0. The number of unbranched alkanes of at least 4 members (excludes halogenated alkanes) is 2. The van der Waals surface area contributed by atoms with Crippen LogP contribution in [-0.2, 0) is 9.59 Å². The fourth-order valence-electron chi connectivity index (χ4n) is 6.92. The molecule has 1 N–H and O–H groups in total. The van der Waals surface area contributed by atoms with Crippen LogP contribution in [0.4, 0.5) is 0 Å². The molecule has 0 spiro atoms. The van der Waals surface area contributed by atoms with Gasteiger partial charge in [-0.2, -0.15) is 0 Å². The Morgan fingerprint density at radius 2 is 2.07 bits per heavy atom. The number of hydrogen-bond acceptors (Lipinski definition) is 2. The number of aliphatic carboxylic acids is 1. The van der Waals surface area contributed by atoms with E-state index in [9.17, 15) is 14.7 Å². The van der Waals surface area contributed by atoms with Gasteiger partial charge in [0, 0.05) is 10.8 Å². The number of halogens is 1. The first-order chi connectivity index (χ1) is 12.7. The van der Waals surface area contributed by atoms with Crippen LogP contribution in [-0.4, -0.2) is 22.7 Å². The van der Waals surface area contributed by atoms with E-state index >= 15 is 0 Å². The Morgan fingerprint density at radius 1 is 1.37 bits per heavy atom. The Balaban J connectivity index is 2.05. The molecule has 7 atom stereocenters. The highest BCUT2D eigenvalue weighted by Gasteiger charge is 2.71. The number of carboxylic acids is 1. The van der Waals surface area contributed by atoms with Gasteiger partial charge in [0.2, 0.25) is 0 Å². The van der Waals surface area contributed by atoms with Gasteiger partial charge < -0.3 is 9.90 Å². The third-order valence-corrected chi connectivity index (χ3v) is 8.69. The molecule has 0 aliphatic heterocycles. The second-order valence-electron chi connectivity index (χ2n) is 9.69. The van der Waals surface area contributed by atoms with Gasteiger partial charge in [-0.3, -0.25) is 4.79 Å². The summed E-state index contributed by atoms with van der Waals surface area (Å²) in [6, 6.07) is 0. The van der Waals surface area contributed by atoms with Crippen LogP contribution in [0.2, 0.25) is 0 Å². The number of alkyl halides is 1. The normalized spacial score (nSPS) is 43.3. The lowest BCUT2D eigenvalue weighted by Crippen LogP contribution is -2.53. The summed E-state index contributed by atoms with van der Waals surface area (Å²) in [5.74, 6) is 0.315. The number of aldehydes is 1. The summed E-state index contributed by atoms with van der Waals surface area (Å²) in [5, 5.41) is 10.5. The molecule has 0 aromatic rings. The van der Waals surface area contributed by atoms with Crippen LogP contribution >= 0.6 is 11.6 Å². The van der Waals surface area contributed by atoms with Crippen LogP contribution in [0.25, 0.3) is 0 Å². The average molecular weight is 395 g/mol. The highest BCUT2D eigenvalue weighted by molar-refractivity contribution is 6.21. The van der Waals surface area contributed by atoms with Crippen molar-refractivity contribution in [2.75, 3.05) is 0 Å². The largest absolute Gasteiger partial charge is 0.481 e. The quantitative estimate of drug-likeness (QED) is 0.248. The standard InChI is InChI=1S/C23H35ClO3/c1-5-6-7-8-17-15(4)20(24)10-19(17)22(13-25)11-16-9-18(14(2)3)23(22,12-16)21(26)27/h9,13-17,19-20H,5-8,10-12H2,1-4H3,(H,26,27). The first kappa shape index (κ1) is 20.9. The number of allylic oxidation sites excluding steroid dienone is 1. The van der Waals surface area contributed by atoms with Gasteiger partial charge in [-0.1, -0.05) is 58.6 Å². The lowest BCUT2D eigenvalue weighted by Gasteiger charge is -2.48. The lowest BCUT2D eigenvalue weighted by molar-refractivity contribution is -0.160. The van der Waals surface area contributed by atoms with E-state index in [1.54, 1.807) is 0 Å². The molecule has 152 valence electrons. The summed E-state index contributed by atoms with van der Waals surface area (Å²) in [7, 11) is 0. The highest BCUT2D eigenvalue weighted by atomic mass is 35.5. The summed E-state index contributed by atoms with van der Waals surface area (Å²) in [6.07, 6.45) is 9.80. The maximum absolute atomic E-state index is 12.7. The second kappa shape index (κ2) is 7.54. The number of hydrogen-bond donors (Lipinski definition) is 1. The van der Waals surface area contributed by atoms with Crippen molar-refractivity contribution in [1.82, 2.24) is 0 Å². The highest BCUT2D eigenvalue weighted by Crippen LogP contribution is 2.71. The van der Waals surface area contributed by atoms with Crippen LogP contribution < -0.4 is 0 Å².